The number of ether oxygens (including phenoxy) is 1. The highest BCUT2D eigenvalue weighted by molar-refractivity contribution is 5.74. The Kier molecular flexibility index (Phi) is 3.40. The number of morpholine rings is 1. The SMILES string of the molecule is CC1OC(c2cccc(F)c2)CNC1C(=O)O. The minimum atomic E-state index is -0.935. The summed E-state index contributed by atoms with van der Waals surface area (Å²) in [5, 5.41) is 11.8. The summed E-state index contributed by atoms with van der Waals surface area (Å²) in [6.07, 6.45) is -0.759. The van der Waals surface area contributed by atoms with Crippen molar-refractivity contribution in [2.45, 2.75) is 25.2 Å². The first-order valence-electron chi connectivity index (χ1n) is 5.45. The van der Waals surface area contributed by atoms with E-state index < -0.39 is 18.1 Å². The van der Waals surface area contributed by atoms with E-state index in [-0.39, 0.29) is 11.9 Å². The molecule has 1 aromatic carbocycles. The van der Waals surface area contributed by atoms with Crippen molar-refractivity contribution in [2.24, 2.45) is 0 Å². The average molecular weight is 239 g/mol. The predicted molar refractivity (Wildman–Crippen MR) is 59.1 cm³/mol. The van der Waals surface area contributed by atoms with Gasteiger partial charge in [-0.1, -0.05) is 12.1 Å². The molecule has 4 nitrogen and oxygen atoms in total. The zero-order valence-electron chi connectivity index (χ0n) is 9.39. The van der Waals surface area contributed by atoms with Crippen molar-refractivity contribution in [1.82, 2.24) is 5.32 Å². The van der Waals surface area contributed by atoms with Crippen molar-refractivity contribution in [3.05, 3.63) is 35.6 Å². The number of carboxylic acid groups (broad SMARTS) is 1. The molecule has 3 atom stereocenters. The fraction of sp³-hybridized carbons (Fsp3) is 0.417. The smallest absolute Gasteiger partial charge is 0.323 e. The van der Waals surface area contributed by atoms with Gasteiger partial charge in [0.05, 0.1) is 12.2 Å². The van der Waals surface area contributed by atoms with Crippen LogP contribution in [0.15, 0.2) is 24.3 Å². The number of halogens is 1. The summed E-state index contributed by atoms with van der Waals surface area (Å²) in [6, 6.07) is 5.44. The van der Waals surface area contributed by atoms with Crippen LogP contribution in [-0.4, -0.2) is 29.8 Å². The second-order valence-electron chi connectivity index (χ2n) is 4.11. The predicted octanol–water partition coefficient (Wildman–Crippen LogP) is 1.33. The number of hydrogen-bond acceptors (Lipinski definition) is 3. The van der Waals surface area contributed by atoms with Gasteiger partial charge in [0.25, 0.3) is 0 Å². The molecule has 1 saturated heterocycles. The lowest BCUT2D eigenvalue weighted by molar-refractivity contribution is -0.149. The first-order chi connectivity index (χ1) is 8.08. The van der Waals surface area contributed by atoms with Gasteiger partial charge in [0, 0.05) is 6.54 Å². The van der Waals surface area contributed by atoms with Gasteiger partial charge in [0.15, 0.2) is 0 Å². The van der Waals surface area contributed by atoms with Crippen LogP contribution in [0.3, 0.4) is 0 Å². The molecule has 3 unspecified atom stereocenters. The summed E-state index contributed by atoms with van der Waals surface area (Å²) < 4.78 is 18.6. The molecule has 1 aliphatic rings. The number of benzene rings is 1. The quantitative estimate of drug-likeness (QED) is 0.817. The van der Waals surface area contributed by atoms with Crippen LogP contribution in [-0.2, 0) is 9.53 Å². The Balaban J connectivity index is 2.09. The summed E-state index contributed by atoms with van der Waals surface area (Å²) in [4.78, 5) is 10.9. The third kappa shape index (κ3) is 2.62. The molecule has 0 aliphatic carbocycles. The Morgan fingerprint density at radius 2 is 2.35 bits per heavy atom. The molecule has 0 saturated carbocycles. The first-order valence-corrected chi connectivity index (χ1v) is 5.45. The van der Waals surface area contributed by atoms with Gasteiger partial charge in [0.2, 0.25) is 0 Å². The van der Waals surface area contributed by atoms with E-state index in [2.05, 4.69) is 5.32 Å². The monoisotopic (exact) mass is 239 g/mol. The lowest BCUT2D eigenvalue weighted by Crippen LogP contribution is -2.52. The third-order valence-corrected chi connectivity index (χ3v) is 2.86. The van der Waals surface area contributed by atoms with Crippen molar-refractivity contribution in [2.75, 3.05) is 6.54 Å². The maximum absolute atomic E-state index is 13.1. The highest BCUT2D eigenvalue weighted by Crippen LogP contribution is 2.24. The van der Waals surface area contributed by atoms with Crippen molar-refractivity contribution in [1.29, 1.82) is 0 Å². The summed E-state index contributed by atoms with van der Waals surface area (Å²) in [6.45, 7) is 2.06. The zero-order valence-corrected chi connectivity index (χ0v) is 9.39. The summed E-state index contributed by atoms with van der Waals surface area (Å²) in [7, 11) is 0. The van der Waals surface area contributed by atoms with E-state index in [1.54, 1.807) is 19.1 Å². The maximum Gasteiger partial charge on any atom is 0.323 e. The van der Waals surface area contributed by atoms with Gasteiger partial charge >= 0.3 is 5.97 Å². The van der Waals surface area contributed by atoms with Crippen LogP contribution in [0.5, 0.6) is 0 Å². The largest absolute Gasteiger partial charge is 0.480 e. The number of nitrogens with one attached hydrogen (secondary N) is 1. The Morgan fingerprint density at radius 1 is 1.59 bits per heavy atom. The molecule has 1 aliphatic heterocycles. The molecule has 1 heterocycles. The van der Waals surface area contributed by atoms with Gasteiger partial charge in [-0.05, 0) is 24.6 Å². The summed E-state index contributed by atoms with van der Waals surface area (Å²) in [5.74, 6) is -1.26. The van der Waals surface area contributed by atoms with Gasteiger partial charge in [-0.15, -0.1) is 0 Å². The number of carboxylic acids is 1. The van der Waals surface area contributed by atoms with E-state index in [0.29, 0.717) is 12.1 Å². The Morgan fingerprint density at radius 3 is 2.94 bits per heavy atom. The van der Waals surface area contributed by atoms with E-state index in [4.69, 9.17) is 9.84 Å². The Bertz CT molecular complexity index is 424. The molecule has 0 amide bonds. The molecule has 1 aromatic rings. The molecule has 17 heavy (non-hydrogen) atoms. The topological polar surface area (TPSA) is 58.6 Å². The first kappa shape index (κ1) is 12.0. The highest BCUT2D eigenvalue weighted by atomic mass is 19.1. The molecule has 2 rings (SSSR count). The van der Waals surface area contributed by atoms with E-state index in [1.807, 2.05) is 0 Å². The van der Waals surface area contributed by atoms with Gasteiger partial charge in [-0.3, -0.25) is 10.1 Å². The molecule has 2 N–H and O–H groups in total. The van der Waals surface area contributed by atoms with Crippen LogP contribution in [0.25, 0.3) is 0 Å². The van der Waals surface area contributed by atoms with Crippen molar-refractivity contribution >= 4 is 5.97 Å². The Labute approximate surface area is 98.4 Å². The van der Waals surface area contributed by atoms with Crippen LogP contribution in [0.4, 0.5) is 4.39 Å². The fourth-order valence-electron chi connectivity index (χ4n) is 1.98. The normalized spacial score (nSPS) is 28.9. The highest BCUT2D eigenvalue weighted by Gasteiger charge is 2.33. The van der Waals surface area contributed by atoms with Crippen molar-refractivity contribution < 1.29 is 19.0 Å². The average Bonchev–Trinajstić information content (AvgIpc) is 2.28. The molecule has 0 radical (unpaired) electrons. The number of carbonyl (C=O) groups is 1. The van der Waals surface area contributed by atoms with Gasteiger partial charge < -0.3 is 9.84 Å². The van der Waals surface area contributed by atoms with Gasteiger partial charge in [-0.2, -0.15) is 0 Å². The number of aliphatic carboxylic acids is 1. The summed E-state index contributed by atoms with van der Waals surface area (Å²) >= 11 is 0. The minimum absolute atomic E-state index is 0.309. The van der Waals surface area contributed by atoms with Crippen LogP contribution < -0.4 is 5.32 Å². The van der Waals surface area contributed by atoms with E-state index in [9.17, 15) is 9.18 Å². The zero-order chi connectivity index (χ0) is 12.4. The lowest BCUT2D eigenvalue weighted by Gasteiger charge is -2.33. The van der Waals surface area contributed by atoms with E-state index in [0.717, 1.165) is 0 Å². The molecule has 0 spiro atoms. The Hall–Kier alpha value is -1.46. The lowest BCUT2D eigenvalue weighted by atomic mass is 10.0. The maximum atomic E-state index is 13.1. The van der Waals surface area contributed by atoms with Crippen molar-refractivity contribution in [3.8, 4) is 0 Å². The molecule has 1 fully saturated rings. The second-order valence-corrected chi connectivity index (χ2v) is 4.11. The molecular formula is C12H14FNO3. The fourth-order valence-corrected chi connectivity index (χ4v) is 1.98. The van der Waals surface area contributed by atoms with Crippen LogP contribution in [0, 0.1) is 5.82 Å². The van der Waals surface area contributed by atoms with Crippen LogP contribution in [0.2, 0.25) is 0 Å². The second kappa shape index (κ2) is 4.81. The van der Waals surface area contributed by atoms with Crippen LogP contribution >= 0.6 is 0 Å². The third-order valence-electron chi connectivity index (χ3n) is 2.86. The van der Waals surface area contributed by atoms with Crippen molar-refractivity contribution in [3.63, 3.8) is 0 Å². The summed E-state index contributed by atoms with van der Waals surface area (Å²) in [5.41, 5.74) is 0.716. The van der Waals surface area contributed by atoms with Gasteiger partial charge in [-0.25, -0.2) is 4.39 Å². The molecule has 0 bridgehead atoms. The molecule has 0 aromatic heterocycles. The van der Waals surface area contributed by atoms with E-state index >= 15 is 0 Å². The standard InChI is InChI=1S/C12H14FNO3/c1-7-11(12(15)16)14-6-10(17-7)8-3-2-4-9(13)5-8/h2-5,7,10-11,14H,6H2,1H3,(H,15,16). The molecular weight excluding hydrogens is 225 g/mol. The van der Waals surface area contributed by atoms with Crippen LogP contribution in [0.1, 0.15) is 18.6 Å². The van der Waals surface area contributed by atoms with E-state index in [1.165, 1.54) is 12.1 Å². The molecule has 92 valence electrons. The number of rotatable bonds is 2. The number of hydrogen-bond donors (Lipinski definition) is 2. The molecule has 5 heteroatoms. The van der Waals surface area contributed by atoms with Gasteiger partial charge in [0.1, 0.15) is 11.9 Å². The minimum Gasteiger partial charge on any atom is -0.480 e.